The van der Waals surface area contributed by atoms with Crippen LogP contribution in [0, 0.1) is 17.0 Å². The van der Waals surface area contributed by atoms with Crippen LogP contribution in [0.5, 0.6) is 0 Å². The Balaban J connectivity index is 1.41. The molecule has 2 aromatic carbocycles. The second kappa shape index (κ2) is 10.5. The Bertz CT molecular complexity index is 1370. The Labute approximate surface area is 200 Å². The summed E-state index contributed by atoms with van der Waals surface area (Å²) in [5, 5.41) is 13.3. The Morgan fingerprint density at radius 2 is 1.71 bits per heavy atom. The molecule has 0 spiro atoms. The molecule has 35 heavy (non-hydrogen) atoms. The Morgan fingerprint density at radius 3 is 2.46 bits per heavy atom. The monoisotopic (exact) mass is 472 g/mol. The minimum Gasteiger partial charge on any atom is -0.383 e. The van der Waals surface area contributed by atoms with Gasteiger partial charge >= 0.3 is 0 Å². The number of nitrogen functional groups attached to an aromatic ring is 1. The lowest BCUT2D eigenvalue weighted by atomic mass is 10.0. The number of hydrogen-bond acceptors (Lipinski definition) is 6. The number of carbonyl (C=O) groups is 1. The number of halogens is 2. The fourth-order valence-electron chi connectivity index (χ4n) is 3.42. The van der Waals surface area contributed by atoms with Gasteiger partial charge in [0.2, 0.25) is 0 Å². The van der Waals surface area contributed by atoms with Crippen molar-refractivity contribution in [3.63, 3.8) is 0 Å². The van der Waals surface area contributed by atoms with E-state index in [1.54, 1.807) is 24.5 Å². The minimum atomic E-state index is -0.964. The summed E-state index contributed by atoms with van der Waals surface area (Å²) in [4.78, 5) is 21.1. The van der Waals surface area contributed by atoms with E-state index in [9.17, 15) is 13.6 Å². The van der Waals surface area contributed by atoms with Crippen LogP contribution in [0.1, 0.15) is 27.0 Å². The van der Waals surface area contributed by atoms with Crippen molar-refractivity contribution in [2.75, 3.05) is 11.1 Å². The first-order chi connectivity index (χ1) is 16.9. The number of rotatable bonds is 8. The summed E-state index contributed by atoms with van der Waals surface area (Å²) in [7, 11) is 0. The molecule has 2 heterocycles. The van der Waals surface area contributed by atoms with Gasteiger partial charge < -0.3 is 21.8 Å². The Kier molecular flexibility index (Phi) is 7.06. The highest BCUT2D eigenvalue weighted by Gasteiger charge is 2.13. The average Bonchev–Trinajstić information content (AvgIpc) is 2.89. The molecule has 0 radical (unpaired) electrons. The van der Waals surface area contributed by atoms with E-state index in [1.807, 2.05) is 30.3 Å². The smallest absolute Gasteiger partial charge is 0.255 e. The Hall–Kier alpha value is -4.66. The molecule has 0 saturated heterocycles. The van der Waals surface area contributed by atoms with E-state index in [0.29, 0.717) is 34.9 Å². The summed E-state index contributed by atoms with van der Waals surface area (Å²) in [6.07, 6.45) is 4.41. The molecule has 2 aromatic heterocycles. The van der Waals surface area contributed by atoms with Crippen molar-refractivity contribution in [2.45, 2.75) is 13.1 Å². The van der Waals surface area contributed by atoms with Gasteiger partial charge in [-0.3, -0.25) is 4.79 Å². The molecule has 0 aliphatic carbocycles. The first-order valence-corrected chi connectivity index (χ1v) is 10.7. The van der Waals surface area contributed by atoms with Gasteiger partial charge in [0, 0.05) is 42.8 Å². The third-order valence-corrected chi connectivity index (χ3v) is 5.34. The highest BCUT2D eigenvalue weighted by molar-refractivity contribution is 5.98. The van der Waals surface area contributed by atoms with E-state index in [2.05, 4.69) is 20.6 Å². The van der Waals surface area contributed by atoms with E-state index in [0.717, 1.165) is 28.8 Å². The van der Waals surface area contributed by atoms with Crippen LogP contribution in [0.15, 0.2) is 73.1 Å². The molecular weight excluding hydrogens is 450 g/mol. The number of benzene rings is 2. The molecule has 0 atom stereocenters. The lowest BCUT2D eigenvalue weighted by Gasteiger charge is -2.12. The number of nitrogens with zero attached hydrogens (tertiary/aromatic N) is 2. The third-order valence-electron chi connectivity index (χ3n) is 5.34. The molecule has 0 aliphatic heterocycles. The largest absolute Gasteiger partial charge is 0.383 e. The van der Waals surface area contributed by atoms with Gasteiger partial charge in [-0.15, -0.1) is 0 Å². The summed E-state index contributed by atoms with van der Waals surface area (Å²) in [5.74, 6) is -1.58. The van der Waals surface area contributed by atoms with Gasteiger partial charge in [-0.05, 0) is 47.0 Å². The highest BCUT2D eigenvalue weighted by Crippen LogP contribution is 2.22. The first kappa shape index (κ1) is 23.5. The van der Waals surface area contributed by atoms with Crippen molar-refractivity contribution in [3.8, 4) is 11.1 Å². The number of pyridine rings is 2. The van der Waals surface area contributed by atoms with Crippen LogP contribution < -0.4 is 16.4 Å². The van der Waals surface area contributed by atoms with E-state index in [4.69, 9.17) is 11.1 Å². The van der Waals surface area contributed by atoms with Crippen LogP contribution in [0.3, 0.4) is 0 Å². The Morgan fingerprint density at radius 1 is 0.943 bits per heavy atom. The normalized spacial score (nSPS) is 10.6. The maximum atomic E-state index is 13.4. The summed E-state index contributed by atoms with van der Waals surface area (Å²) >= 11 is 0. The van der Waals surface area contributed by atoms with Crippen molar-refractivity contribution < 1.29 is 13.6 Å². The van der Waals surface area contributed by atoms with E-state index in [1.165, 1.54) is 12.3 Å². The second-order valence-electron chi connectivity index (χ2n) is 7.72. The number of nitrogens with two attached hydrogens (primary N) is 1. The zero-order valence-electron chi connectivity index (χ0n) is 18.6. The first-order valence-electron chi connectivity index (χ1n) is 10.7. The van der Waals surface area contributed by atoms with Crippen LogP contribution >= 0.6 is 0 Å². The van der Waals surface area contributed by atoms with Gasteiger partial charge in [0.25, 0.3) is 5.91 Å². The summed E-state index contributed by atoms with van der Waals surface area (Å²) in [6.45, 7) is 0.470. The second-order valence-corrected chi connectivity index (χ2v) is 7.72. The van der Waals surface area contributed by atoms with Crippen molar-refractivity contribution in [3.05, 3.63) is 107 Å². The van der Waals surface area contributed by atoms with Gasteiger partial charge in [-0.2, -0.15) is 0 Å². The number of amides is 1. The van der Waals surface area contributed by atoms with E-state index >= 15 is 0 Å². The molecule has 0 aliphatic rings. The minimum absolute atomic E-state index is 0.0471. The van der Waals surface area contributed by atoms with Crippen molar-refractivity contribution in [2.24, 2.45) is 0 Å². The van der Waals surface area contributed by atoms with Gasteiger partial charge in [-0.1, -0.05) is 30.3 Å². The molecule has 0 bridgehead atoms. The molecule has 0 saturated carbocycles. The van der Waals surface area contributed by atoms with Crippen LogP contribution in [0.4, 0.5) is 20.4 Å². The summed E-state index contributed by atoms with van der Waals surface area (Å²) in [6, 6.07) is 16.3. The fourth-order valence-corrected chi connectivity index (χ4v) is 3.42. The van der Waals surface area contributed by atoms with Crippen LogP contribution in [0.25, 0.3) is 11.1 Å². The quantitative estimate of drug-likeness (QED) is 0.281. The van der Waals surface area contributed by atoms with Crippen molar-refractivity contribution in [1.82, 2.24) is 15.3 Å². The molecule has 5 N–H and O–H groups in total. The SMILES string of the molecule is N=Cc1cc(-c2ccc(CNc3ncccc3C(=O)NCc3ccc(F)c(F)c3)cc2)cnc1N. The molecule has 4 rings (SSSR count). The van der Waals surface area contributed by atoms with E-state index < -0.39 is 17.5 Å². The van der Waals surface area contributed by atoms with Crippen LogP contribution in [-0.4, -0.2) is 22.1 Å². The van der Waals surface area contributed by atoms with Gasteiger partial charge in [0.05, 0.1) is 5.56 Å². The zero-order valence-corrected chi connectivity index (χ0v) is 18.6. The molecule has 0 fully saturated rings. The van der Waals surface area contributed by atoms with Gasteiger partial charge in [0.1, 0.15) is 11.6 Å². The predicted octanol–water partition coefficient (Wildman–Crippen LogP) is 4.54. The summed E-state index contributed by atoms with van der Waals surface area (Å²) < 4.78 is 26.5. The average molecular weight is 472 g/mol. The lowest BCUT2D eigenvalue weighted by molar-refractivity contribution is 0.0951. The number of nitrogens with one attached hydrogen (secondary N) is 3. The van der Waals surface area contributed by atoms with E-state index in [-0.39, 0.29) is 6.54 Å². The van der Waals surface area contributed by atoms with Gasteiger partial charge in [-0.25, -0.2) is 18.7 Å². The van der Waals surface area contributed by atoms with Crippen LogP contribution in [-0.2, 0) is 13.1 Å². The predicted molar refractivity (Wildman–Crippen MR) is 131 cm³/mol. The lowest BCUT2D eigenvalue weighted by Crippen LogP contribution is -2.24. The maximum Gasteiger partial charge on any atom is 0.255 e. The number of carbonyl (C=O) groups excluding carboxylic acids is 1. The maximum absolute atomic E-state index is 13.4. The zero-order chi connectivity index (χ0) is 24.8. The molecule has 176 valence electrons. The standard InChI is InChI=1S/C26H22F2N6O/c27-22-8-5-17(10-23(22)28)14-34-26(35)21-2-1-9-31-25(21)33-13-16-3-6-18(7-4-16)20-11-19(12-29)24(30)32-15-20/h1-12,15,29H,13-14H2,(H2,30,32)(H,31,33)(H,34,35). The molecule has 9 heteroatoms. The highest BCUT2D eigenvalue weighted by atomic mass is 19.2. The van der Waals surface area contributed by atoms with Crippen molar-refractivity contribution in [1.29, 1.82) is 5.41 Å². The third kappa shape index (κ3) is 5.64. The van der Waals surface area contributed by atoms with Crippen LogP contribution in [0.2, 0.25) is 0 Å². The van der Waals surface area contributed by atoms with Crippen molar-refractivity contribution >= 4 is 23.8 Å². The number of aromatic nitrogens is 2. The molecule has 4 aromatic rings. The fraction of sp³-hybridized carbons (Fsp3) is 0.0769. The molecule has 0 unspecified atom stereocenters. The number of anilines is 2. The summed E-state index contributed by atoms with van der Waals surface area (Å²) in [5.41, 5.74) is 9.83. The molecular formula is C26H22F2N6O. The number of hydrogen-bond donors (Lipinski definition) is 4. The topological polar surface area (TPSA) is 117 Å². The molecule has 7 nitrogen and oxygen atoms in total. The molecule has 1 amide bonds. The van der Waals surface area contributed by atoms with Gasteiger partial charge in [0.15, 0.2) is 11.6 Å².